The maximum atomic E-state index is 13.8. The fraction of sp³-hybridized carbons (Fsp3) is 0.100. The second-order valence-electron chi connectivity index (χ2n) is 9.04. The lowest BCUT2D eigenvalue weighted by molar-refractivity contribution is -0.139. The van der Waals surface area contributed by atoms with Crippen LogP contribution >= 0.6 is 0 Å². The van der Waals surface area contributed by atoms with Crippen LogP contribution in [0.2, 0.25) is 0 Å². The Hall–Kier alpha value is -4.51. The number of amides is 1. The molecule has 0 unspecified atom stereocenters. The zero-order chi connectivity index (χ0) is 23.6. The summed E-state index contributed by atoms with van der Waals surface area (Å²) in [6, 6.07) is 33.5. The van der Waals surface area contributed by atoms with Crippen molar-refractivity contribution in [2.45, 2.75) is 18.6 Å². The molecule has 0 N–H and O–H groups in total. The minimum absolute atomic E-state index is 0.102. The van der Waals surface area contributed by atoms with Gasteiger partial charge >= 0.3 is 0 Å². The van der Waals surface area contributed by atoms with E-state index in [0.717, 1.165) is 44.8 Å². The van der Waals surface area contributed by atoms with Crippen LogP contribution in [0.1, 0.15) is 16.8 Å². The Balaban J connectivity index is 1.53. The highest BCUT2D eigenvalue weighted by atomic mass is 16.5. The first-order valence-corrected chi connectivity index (χ1v) is 11.7. The fourth-order valence-corrected chi connectivity index (χ4v) is 5.41. The number of anilines is 1. The van der Waals surface area contributed by atoms with Gasteiger partial charge in [-0.1, -0.05) is 72.3 Å². The fourth-order valence-electron chi connectivity index (χ4n) is 5.41. The molecule has 1 aliphatic carbocycles. The summed E-state index contributed by atoms with van der Waals surface area (Å²) in [7, 11) is 0. The number of aryl methyl sites for hydroxylation is 1. The molecule has 2 atom stereocenters. The molecule has 1 amide bonds. The van der Waals surface area contributed by atoms with Crippen molar-refractivity contribution in [3.05, 3.63) is 120 Å². The highest BCUT2D eigenvalue weighted by Crippen LogP contribution is 2.58. The van der Waals surface area contributed by atoms with Gasteiger partial charge in [-0.2, -0.15) is 0 Å². The molecule has 5 aromatic rings. The summed E-state index contributed by atoms with van der Waals surface area (Å²) in [6.07, 6.45) is -0.774. The third kappa shape index (κ3) is 2.66. The van der Waals surface area contributed by atoms with E-state index < -0.39 is 11.6 Å². The SMILES string of the molecule is Cc1ccc(N2C(=O)[C@H](Oc3ccccc3)[C@]23c2ccccc2-c2nc4ccccc4nc23)cc1. The normalized spacial score (nSPS) is 20.0. The molecule has 5 heteroatoms. The summed E-state index contributed by atoms with van der Waals surface area (Å²) >= 11 is 0. The van der Waals surface area contributed by atoms with Crippen LogP contribution in [0.3, 0.4) is 0 Å². The summed E-state index contributed by atoms with van der Waals surface area (Å²) in [6.45, 7) is 2.04. The van der Waals surface area contributed by atoms with E-state index in [1.807, 2.05) is 103 Å². The molecule has 0 saturated carbocycles. The van der Waals surface area contributed by atoms with E-state index in [1.165, 1.54) is 0 Å². The number of carbonyl (C=O) groups excluding carboxylic acids is 1. The van der Waals surface area contributed by atoms with E-state index in [0.29, 0.717) is 5.75 Å². The number of hydrogen-bond donors (Lipinski definition) is 0. The van der Waals surface area contributed by atoms with Crippen molar-refractivity contribution in [1.29, 1.82) is 0 Å². The van der Waals surface area contributed by atoms with Crippen LogP contribution in [0.15, 0.2) is 103 Å². The number of carbonyl (C=O) groups is 1. The van der Waals surface area contributed by atoms with Gasteiger partial charge in [-0.25, -0.2) is 9.97 Å². The molecule has 2 aliphatic rings. The molecule has 4 aromatic carbocycles. The van der Waals surface area contributed by atoms with Crippen molar-refractivity contribution in [3.63, 3.8) is 0 Å². The Bertz CT molecular complexity index is 1610. The van der Waals surface area contributed by atoms with Gasteiger partial charge in [0.25, 0.3) is 5.91 Å². The topological polar surface area (TPSA) is 55.3 Å². The maximum Gasteiger partial charge on any atom is 0.272 e. The van der Waals surface area contributed by atoms with Gasteiger partial charge in [-0.05, 0) is 48.9 Å². The number of para-hydroxylation sites is 3. The number of benzene rings is 4. The van der Waals surface area contributed by atoms with Crippen LogP contribution in [0.25, 0.3) is 22.3 Å². The Morgan fingerprint density at radius 3 is 2.20 bits per heavy atom. The van der Waals surface area contributed by atoms with Gasteiger partial charge in [0.15, 0.2) is 5.54 Å². The minimum Gasteiger partial charge on any atom is -0.477 e. The first-order chi connectivity index (χ1) is 17.2. The third-order valence-electron chi connectivity index (χ3n) is 6.99. The number of β-lactam (4-membered cyclic amide) rings is 1. The highest BCUT2D eigenvalue weighted by molar-refractivity contribution is 6.11. The molecule has 1 aliphatic heterocycles. The van der Waals surface area contributed by atoms with Crippen molar-refractivity contribution >= 4 is 22.6 Å². The van der Waals surface area contributed by atoms with E-state index >= 15 is 0 Å². The summed E-state index contributed by atoms with van der Waals surface area (Å²) in [5.74, 6) is 0.545. The van der Waals surface area contributed by atoms with Gasteiger partial charge in [-0.15, -0.1) is 0 Å². The summed E-state index contributed by atoms with van der Waals surface area (Å²) in [4.78, 5) is 25.8. The lowest BCUT2D eigenvalue weighted by Gasteiger charge is -2.54. The molecule has 0 radical (unpaired) electrons. The lowest BCUT2D eigenvalue weighted by atomic mass is 9.74. The van der Waals surface area contributed by atoms with Crippen molar-refractivity contribution in [1.82, 2.24) is 9.97 Å². The standard InChI is InChI=1S/C30H21N3O2/c1-19-15-17-20(18-16-19)33-29(34)28(35-21-9-3-2-4-10-21)30(33)23-12-6-5-11-22(23)26-27(30)32-25-14-8-7-13-24(25)31-26/h2-18,28H,1H3/t28-,30+/m0/s1. The van der Waals surface area contributed by atoms with Crippen LogP contribution in [-0.4, -0.2) is 22.0 Å². The number of rotatable bonds is 3. The number of hydrogen-bond acceptors (Lipinski definition) is 4. The van der Waals surface area contributed by atoms with Gasteiger partial charge in [0.1, 0.15) is 11.4 Å². The van der Waals surface area contributed by atoms with Crippen molar-refractivity contribution in [2.75, 3.05) is 4.90 Å². The molecule has 7 rings (SSSR count). The predicted octanol–water partition coefficient (Wildman–Crippen LogP) is 5.66. The van der Waals surface area contributed by atoms with Gasteiger partial charge in [0, 0.05) is 11.3 Å². The quantitative estimate of drug-likeness (QED) is 0.330. The van der Waals surface area contributed by atoms with Crippen molar-refractivity contribution < 1.29 is 9.53 Å². The molecule has 1 spiro atoms. The first kappa shape index (κ1) is 19.9. The molecule has 1 aromatic heterocycles. The molecular weight excluding hydrogens is 434 g/mol. The maximum absolute atomic E-state index is 13.8. The van der Waals surface area contributed by atoms with Crippen LogP contribution in [-0.2, 0) is 10.3 Å². The third-order valence-corrected chi connectivity index (χ3v) is 6.99. The Morgan fingerprint density at radius 1 is 0.771 bits per heavy atom. The average Bonchev–Trinajstić information content (AvgIpc) is 3.19. The van der Waals surface area contributed by atoms with Crippen LogP contribution < -0.4 is 9.64 Å². The molecule has 0 bridgehead atoms. The van der Waals surface area contributed by atoms with E-state index in [2.05, 4.69) is 12.1 Å². The Morgan fingerprint density at radius 2 is 1.43 bits per heavy atom. The number of aromatic nitrogens is 2. The lowest BCUT2D eigenvalue weighted by Crippen LogP contribution is -2.74. The highest BCUT2D eigenvalue weighted by Gasteiger charge is 2.69. The van der Waals surface area contributed by atoms with Crippen LogP contribution in [0.5, 0.6) is 5.75 Å². The number of nitrogens with zero attached hydrogens (tertiary/aromatic N) is 3. The summed E-state index contributed by atoms with van der Waals surface area (Å²) in [5, 5.41) is 0. The molecule has 168 valence electrons. The summed E-state index contributed by atoms with van der Waals surface area (Å²) in [5.41, 5.74) is 6.14. The van der Waals surface area contributed by atoms with Crippen molar-refractivity contribution in [3.8, 4) is 17.0 Å². The molecule has 2 heterocycles. The predicted molar refractivity (Wildman–Crippen MR) is 135 cm³/mol. The zero-order valence-electron chi connectivity index (χ0n) is 19.1. The smallest absolute Gasteiger partial charge is 0.272 e. The average molecular weight is 456 g/mol. The first-order valence-electron chi connectivity index (χ1n) is 11.7. The van der Waals surface area contributed by atoms with Gasteiger partial charge in [0.05, 0.1) is 16.7 Å². The van der Waals surface area contributed by atoms with Gasteiger partial charge < -0.3 is 4.74 Å². The summed E-state index contributed by atoms with van der Waals surface area (Å²) < 4.78 is 6.44. The van der Waals surface area contributed by atoms with E-state index in [9.17, 15) is 4.79 Å². The van der Waals surface area contributed by atoms with Gasteiger partial charge in [-0.3, -0.25) is 9.69 Å². The van der Waals surface area contributed by atoms with Crippen LogP contribution in [0.4, 0.5) is 5.69 Å². The van der Waals surface area contributed by atoms with E-state index in [1.54, 1.807) is 0 Å². The Kier molecular flexibility index (Phi) is 4.12. The second kappa shape index (κ2) is 7.24. The van der Waals surface area contributed by atoms with E-state index in [4.69, 9.17) is 14.7 Å². The monoisotopic (exact) mass is 455 g/mol. The second-order valence-corrected chi connectivity index (χ2v) is 9.04. The number of ether oxygens (including phenoxy) is 1. The molecule has 1 fully saturated rings. The molecule has 5 nitrogen and oxygen atoms in total. The van der Waals surface area contributed by atoms with Gasteiger partial charge in [0.2, 0.25) is 6.10 Å². The Labute approximate surface area is 202 Å². The largest absolute Gasteiger partial charge is 0.477 e. The number of fused-ring (bicyclic) bond motifs is 6. The molecular formula is C30H21N3O2. The van der Waals surface area contributed by atoms with Crippen molar-refractivity contribution in [2.24, 2.45) is 0 Å². The zero-order valence-corrected chi connectivity index (χ0v) is 19.1. The molecule has 35 heavy (non-hydrogen) atoms. The molecule has 1 saturated heterocycles. The van der Waals surface area contributed by atoms with Crippen LogP contribution in [0, 0.1) is 6.92 Å². The van der Waals surface area contributed by atoms with E-state index in [-0.39, 0.29) is 5.91 Å². The minimum atomic E-state index is -0.925.